The predicted octanol–water partition coefficient (Wildman–Crippen LogP) is 11.3. The number of fused-ring (bicyclic) bond motifs is 2. The number of carbonyl (C=O) groups is 4. The Morgan fingerprint density at radius 1 is 0.444 bits per heavy atom. The highest BCUT2D eigenvalue weighted by Gasteiger charge is 2.33. The highest BCUT2D eigenvalue weighted by Crippen LogP contribution is 2.40. The summed E-state index contributed by atoms with van der Waals surface area (Å²) in [5.74, 6) is -1.52. The van der Waals surface area contributed by atoms with E-state index in [4.69, 9.17) is 14.9 Å². The van der Waals surface area contributed by atoms with Crippen LogP contribution in [0.1, 0.15) is 88.6 Å². The lowest BCUT2D eigenvalue weighted by Gasteiger charge is -2.24. The molecule has 0 saturated carbocycles. The van der Waals surface area contributed by atoms with E-state index in [0.29, 0.717) is 34.7 Å². The fraction of sp³-hybridized carbons (Fsp3) is 0.0741. The van der Waals surface area contributed by atoms with Gasteiger partial charge in [-0.25, -0.2) is 9.59 Å². The van der Waals surface area contributed by atoms with Gasteiger partial charge in [0.2, 0.25) is 0 Å². The fourth-order valence-electron chi connectivity index (χ4n) is 8.75. The number of hydrogen-bond acceptors (Lipinski definition) is 9. The fourth-order valence-corrected chi connectivity index (χ4v) is 8.75. The number of hydrazone groups is 2. The van der Waals surface area contributed by atoms with Crippen LogP contribution in [-0.4, -0.2) is 35.9 Å². The number of nitrogens with zero attached hydrogens (tertiary/aromatic N) is 4. The smallest absolute Gasteiger partial charge is 0.346 e. The summed E-state index contributed by atoms with van der Waals surface area (Å²) in [7, 11) is 0. The average Bonchev–Trinajstić information content (AvgIpc) is 4.00. The lowest BCUT2D eigenvalue weighted by Crippen LogP contribution is -2.18. The van der Waals surface area contributed by atoms with E-state index in [9.17, 15) is 19.2 Å². The minimum Gasteiger partial charge on any atom is -0.386 e. The molecule has 2 unspecified atom stereocenters. The molecule has 0 fully saturated rings. The Labute approximate surface area is 363 Å². The molecule has 0 N–H and O–H groups in total. The van der Waals surface area contributed by atoms with E-state index in [1.165, 1.54) is 0 Å². The SMILES string of the molecule is O=Cc1ccc(N2N=C(c3ccc(C(=O)OC(=O)c4ccc(C5=NN(c6ccc(C=O)cc6)C(c6ccccc6)C5)c5ccccc45)c4ccccc34)CC2c2ccccc2)cc1. The van der Waals surface area contributed by atoms with E-state index in [2.05, 4.69) is 24.3 Å². The third kappa shape index (κ3) is 7.35. The molecule has 2 heterocycles. The molecule has 0 amide bonds. The van der Waals surface area contributed by atoms with Gasteiger partial charge in [0.1, 0.15) is 12.6 Å². The van der Waals surface area contributed by atoms with E-state index in [-0.39, 0.29) is 23.2 Å². The molecule has 9 nitrogen and oxygen atoms in total. The maximum atomic E-state index is 14.0. The van der Waals surface area contributed by atoms with Crippen molar-refractivity contribution in [2.24, 2.45) is 10.2 Å². The van der Waals surface area contributed by atoms with Crippen LogP contribution < -0.4 is 10.0 Å². The van der Waals surface area contributed by atoms with Crippen molar-refractivity contribution in [3.05, 3.63) is 226 Å². The van der Waals surface area contributed by atoms with Gasteiger partial charge in [-0.3, -0.25) is 19.6 Å². The molecule has 0 saturated heterocycles. The van der Waals surface area contributed by atoms with Crippen LogP contribution in [0.15, 0.2) is 192 Å². The first kappa shape index (κ1) is 38.9. The van der Waals surface area contributed by atoms with Crippen molar-refractivity contribution in [3.63, 3.8) is 0 Å². The van der Waals surface area contributed by atoms with Gasteiger partial charge in [0.05, 0.1) is 46.0 Å². The average molecular weight is 823 g/mol. The topological polar surface area (TPSA) is 109 Å². The van der Waals surface area contributed by atoms with Crippen LogP contribution in [0.2, 0.25) is 0 Å². The molecule has 63 heavy (non-hydrogen) atoms. The Bertz CT molecular complexity index is 2920. The van der Waals surface area contributed by atoms with Crippen molar-refractivity contribution in [2.45, 2.75) is 24.9 Å². The summed E-state index contributed by atoms with van der Waals surface area (Å²) in [5, 5.41) is 17.1. The lowest BCUT2D eigenvalue weighted by atomic mass is 9.92. The van der Waals surface area contributed by atoms with Gasteiger partial charge in [0, 0.05) is 35.1 Å². The van der Waals surface area contributed by atoms with Crippen LogP contribution in [0.3, 0.4) is 0 Å². The van der Waals surface area contributed by atoms with Gasteiger partial charge in [0.15, 0.2) is 0 Å². The summed E-state index contributed by atoms with van der Waals surface area (Å²) in [6, 6.07) is 57.1. The van der Waals surface area contributed by atoms with Gasteiger partial charge < -0.3 is 4.74 Å². The van der Waals surface area contributed by atoms with Crippen LogP contribution >= 0.6 is 0 Å². The van der Waals surface area contributed by atoms with E-state index in [1.54, 1.807) is 36.4 Å². The molecule has 8 aromatic rings. The second-order valence-electron chi connectivity index (χ2n) is 15.6. The summed E-state index contributed by atoms with van der Waals surface area (Å²) in [4.78, 5) is 50.9. The highest BCUT2D eigenvalue weighted by atomic mass is 16.6. The Kier molecular flexibility index (Phi) is 10.3. The number of carbonyl (C=O) groups excluding carboxylic acids is 4. The molecule has 304 valence electrons. The Morgan fingerprint density at radius 2 is 0.810 bits per heavy atom. The van der Waals surface area contributed by atoms with Crippen molar-refractivity contribution in [1.82, 2.24) is 0 Å². The van der Waals surface area contributed by atoms with E-state index < -0.39 is 11.9 Å². The van der Waals surface area contributed by atoms with Crippen LogP contribution in [-0.2, 0) is 4.74 Å². The predicted molar refractivity (Wildman–Crippen MR) is 247 cm³/mol. The number of hydrogen-bond donors (Lipinski definition) is 0. The van der Waals surface area contributed by atoms with E-state index >= 15 is 0 Å². The molecule has 2 aliphatic rings. The zero-order valence-corrected chi connectivity index (χ0v) is 33.9. The van der Waals surface area contributed by atoms with Crippen LogP contribution in [0.5, 0.6) is 0 Å². The maximum Gasteiger partial charge on any atom is 0.346 e. The molecule has 0 aromatic heterocycles. The zero-order chi connectivity index (χ0) is 42.9. The maximum absolute atomic E-state index is 14.0. The van der Waals surface area contributed by atoms with Gasteiger partial charge in [-0.05, 0) is 93.3 Å². The van der Waals surface area contributed by atoms with Gasteiger partial charge in [0.25, 0.3) is 0 Å². The molecular formula is C54H38N4O5. The highest BCUT2D eigenvalue weighted by molar-refractivity contribution is 6.20. The summed E-state index contributed by atoms with van der Waals surface area (Å²) < 4.78 is 5.70. The minimum absolute atomic E-state index is 0.0999. The molecule has 9 heteroatoms. The molecule has 0 radical (unpaired) electrons. The quantitative estimate of drug-likeness (QED) is 0.0767. The van der Waals surface area contributed by atoms with Gasteiger partial charge in [-0.15, -0.1) is 0 Å². The number of esters is 2. The van der Waals surface area contributed by atoms with Crippen molar-refractivity contribution >= 4 is 68.9 Å². The molecular weight excluding hydrogens is 785 g/mol. The molecule has 0 aliphatic carbocycles. The second kappa shape index (κ2) is 16.6. The van der Waals surface area contributed by atoms with Crippen molar-refractivity contribution in [2.75, 3.05) is 10.0 Å². The van der Waals surface area contributed by atoms with Crippen molar-refractivity contribution in [1.29, 1.82) is 0 Å². The number of anilines is 2. The van der Waals surface area contributed by atoms with Crippen LogP contribution in [0.4, 0.5) is 11.4 Å². The zero-order valence-electron chi connectivity index (χ0n) is 33.9. The third-order valence-electron chi connectivity index (χ3n) is 11.9. The third-order valence-corrected chi connectivity index (χ3v) is 11.9. The molecule has 2 atom stereocenters. The number of benzene rings is 8. The monoisotopic (exact) mass is 822 g/mol. The summed E-state index contributed by atoms with van der Waals surface area (Å²) in [6.45, 7) is 0. The molecule has 10 rings (SSSR count). The first-order valence-corrected chi connectivity index (χ1v) is 20.7. The first-order valence-electron chi connectivity index (χ1n) is 20.7. The van der Waals surface area contributed by atoms with Gasteiger partial charge in [-0.1, -0.05) is 121 Å². The van der Waals surface area contributed by atoms with E-state index in [0.717, 1.165) is 68.4 Å². The minimum atomic E-state index is -0.759. The standard InChI is InChI=1S/C54H38N4O5/c59-33-35-19-23-39(24-20-35)57-51(37-11-3-1-4-12-37)31-49(55-57)45-27-29-47(43-17-9-7-15-41(43)45)53(61)63-54(62)48-30-28-46(42-16-8-10-18-44(42)48)50-32-52(38-13-5-2-6-14-38)58(56-50)40-25-21-36(34-60)22-26-40/h1-30,33-34,51-52H,31-32H2. The summed E-state index contributed by atoms with van der Waals surface area (Å²) >= 11 is 0. The number of aldehydes is 2. The molecule has 2 aliphatic heterocycles. The number of rotatable bonds is 10. The summed E-state index contributed by atoms with van der Waals surface area (Å²) in [6.07, 6.45) is 2.84. The summed E-state index contributed by atoms with van der Waals surface area (Å²) in [5.41, 5.74) is 8.98. The molecule has 0 spiro atoms. The normalized spacial score (nSPS) is 15.9. The Morgan fingerprint density at radius 3 is 1.19 bits per heavy atom. The van der Waals surface area contributed by atoms with Gasteiger partial charge in [-0.2, -0.15) is 10.2 Å². The lowest BCUT2D eigenvalue weighted by molar-refractivity contribution is 0.0400. The van der Waals surface area contributed by atoms with Gasteiger partial charge >= 0.3 is 11.9 Å². The first-order chi connectivity index (χ1) is 31.0. The molecule has 0 bridgehead atoms. The van der Waals surface area contributed by atoms with Crippen LogP contribution in [0.25, 0.3) is 21.5 Å². The van der Waals surface area contributed by atoms with Crippen LogP contribution in [0, 0.1) is 0 Å². The second-order valence-corrected chi connectivity index (χ2v) is 15.6. The number of ether oxygens (including phenoxy) is 1. The van der Waals surface area contributed by atoms with Crippen molar-refractivity contribution in [3.8, 4) is 0 Å². The Hall–Kier alpha value is -8.30. The molecule has 8 aromatic carbocycles. The Balaban J connectivity index is 0.949. The van der Waals surface area contributed by atoms with Crippen molar-refractivity contribution < 1.29 is 23.9 Å². The van der Waals surface area contributed by atoms with E-state index in [1.807, 2.05) is 131 Å². The largest absolute Gasteiger partial charge is 0.386 e.